The summed E-state index contributed by atoms with van der Waals surface area (Å²) in [5.74, 6) is 0.344. The Labute approximate surface area is 194 Å². The molecule has 4 aromatic rings. The van der Waals surface area contributed by atoms with Crippen LogP contribution in [-0.4, -0.2) is 43.5 Å². The van der Waals surface area contributed by atoms with Crippen LogP contribution in [0.4, 0.5) is 5.82 Å². The van der Waals surface area contributed by atoms with Gasteiger partial charge >= 0.3 is 0 Å². The fraction of sp³-hybridized carbons (Fsp3) is 0.217. The molecule has 0 fully saturated rings. The zero-order chi connectivity index (χ0) is 23.5. The molecule has 5 rings (SSSR count). The molecule has 0 saturated carbocycles. The van der Waals surface area contributed by atoms with Crippen LogP contribution in [0.5, 0.6) is 5.75 Å². The molecule has 0 unspecified atom stereocenters. The van der Waals surface area contributed by atoms with Crippen molar-refractivity contribution in [1.29, 1.82) is 0 Å². The Morgan fingerprint density at radius 3 is 2.76 bits per heavy atom. The second-order valence-corrected chi connectivity index (χ2v) is 7.70. The molecule has 11 nitrogen and oxygen atoms in total. The molecule has 1 aliphatic rings. The first-order valence-electron chi connectivity index (χ1n) is 10.9. The van der Waals surface area contributed by atoms with Crippen molar-refractivity contribution in [3.8, 4) is 22.8 Å². The lowest BCUT2D eigenvalue weighted by molar-refractivity contribution is 0.0950. The zero-order valence-electron chi connectivity index (χ0n) is 18.4. The normalized spacial score (nSPS) is 13.7. The molecule has 0 aliphatic heterocycles. The molecule has 34 heavy (non-hydrogen) atoms. The predicted octanol–water partition coefficient (Wildman–Crippen LogP) is 2.77. The van der Waals surface area contributed by atoms with E-state index in [1.54, 1.807) is 12.1 Å². The van der Waals surface area contributed by atoms with Crippen molar-refractivity contribution in [2.24, 2.45) is 5.10 Å². The maximum absolute atomic E-state index is 13.1. The highest BCUT2D eigenvalue weighted by Crippen LogP contribution is 2.28. The summed E-state index contributed by atoms with van der Waals surface area (Å²) in [6, 6.07) is 15.2. The maximum Gasteiger partial charge on any atom is 0.294 e. The number of carbonyl (C=O) groups excluding carboxylic acids is 1. The first kappa shape index (κ1) is 21.3. The van der Waals surface area contributed by atoms with Crippen molar-refractivity contribution in [1.82, 2.24) is 30.7 Å². The largest absolute Gasteiger partial charge is 0.494 e. The van der Waals surface area contributed by atoms with Gasteiger partial charge in [0.15, 0.2) is 5.69 Å². The molecule has 1 aliphatic carbocycles. The van der Waals surface area contributed by atoms with Gasteiger partial charge in [0.2, 0.25) is 11.6 Å². The molecular weight excluding hydrogens is 436 g/mol. The molecule has 0 radical (unpaired) electrons. The van der Waals surface area contributed by atoms with E-state index in [0.717, 1.165) is 30.5 Å². The lowest BCUT2D eigenvalue weighted by Gasteiger charge is -2.08. The van der Waals surface area contributed by atoms with Gasteiger partial charge in [0, 0.05) is 11.1 Å². The summed E-state index contributed by atoms with van der Waals surface area (Å²) in [6.45, 7) is 2.64. The number of fused-ring (bicyclic) bond motifs is 1. The second kappa shape index (κ2) is 9.14. The van der Waals surface area contributed by atoms with Crippen molar-refractivity contribution in [3.63, 3.8) is 0 Å². The van der Waals surface area contributed by atoms with E-state index in [0.29, 0.717) is 23.6 Å². The summed E-state index contributed by atoms with van der Waals surface area (Å²) >= 11 is 0. The molecule has 1 amide bonds. The fourth-order valence-corrected chi connectivity index (χ4v) is 3.80. The monoisotopic (exact) mass is 458 g/mol. The van der Waals surface area contributed by atoms with Gasteiger partial charge in [0.05, 0.1) is 12.3 Å². The lowest BCUT2D eigenvalue weighted by Crippen LogP contribution is -2.21. The van der Waals surface area contributed by atoms with Gasteiger partial charge in [-0.25, -0.2) is 10.1 Å². The highest BCUT2D eigenvalue weighted by atomic mass is 16.6. The van der Waals surface area contributed by atoms with Gasteiger partial charge in [0.1, 0.15) is 11.4 Å². The van der Waals surface area contributed by atoms with E-state index in [9.17, 15) is 4.79 Å². The third-order valence-electron chi connectivity index (χ3n) is 5.43. The van der Waals surface area contributed by atoms with Crippen LogP contribution in [0.3, 0.4) is 0 Å². The van der Waals surface area contributed by atoms with Gasteiger partial charge in [-0.1, -0.05) is 36.4 Å². The third-order valence-corrected chi connectivity index (χ3v) is 5.43. The molecule has 2 heterocycles. The van der Waals surface area contributed by atoms with Crippen LogP contribution < -0.4 is 15.9 Å². The van der Waals surface area contributed by atoms with E-state index in [2.05, 4.69) is 37.2 Å². The molecule has 2 aromatic carbocycles. The van der Waals surface area contributed by atoms with Crippen LogP contribution >= 0.6 is 0 Å². The Bertz CT molecular complexity index is 1360. The van der Waals surface area contributed by atoms with Gasteiger partial charge in [-0.05, 0) is 59.4 Å². The molecule has 3 N–H and O–H groups in total. The molecule has 2 aromatic heterocycles. The zero-order valence-corrected chi connectivity index (χ0v) is 18.4. The minimum atomic E-state index is -0.514. The van der Waals surface area contributed by atoms with E-state index < -0.39 is 5.91 Å². The molecule has 0 spiro atoms. The maximum atomic E-state index is 13.1. The number of nitrogen functional groups attached to an aromatic ring is 1. The Hall–Kier alpha value is -4.54. The number of nitrogens with two attached hydrogens (primary N) is 1. The minimum absolute atomic E-state index is 0.0174. The van der Waals surface area contributed by atoms with Gasteiger partial charge in [-0.15, -0.1) is 5.10 Å². The molecule has 11 heteroatoms. The van der Waals surface area contributed by atoms with Crippen molar-refractivity contribution >= 4 is 17.4 Å². The number of hydrazone groups is 1. The van der Waals surface area contributed by atoms with Crippen molar-refractivity contribution in [3.05, 3.63) is 65.4 Å². The Morgan fingerprint density at radius 2 is 2.00 bits per heavy atom. The van der Waals surface area contributed by atoms with Crippen molar-refractivity contribution in [2.45, 2.75) is 26.2 Å². The highest BCUT2D eigenvalue weighted by molar-refractivity contribution is 6.06. The van der Waals surface area contributed by atoms with Crippen LogP contribution in [0.2, 0.25) is 0 Å². The van der Waals surface area contributed by atoms with Crippen LogP contribution in [0.25, 0.3) is 17.1 Å². The number of aromatic nitrogens is 5. The third kappa shape index (κ3) is 3.98. The molecule has 0 saturated heterocycles. The topological polar surface area (TPSA) is 146 Å². The van der Waals surface area contributed by atoms with E-state index in [4.69, 9.17) is 15.1 Å². The lowest BCUT2D eigenvalue weighted by atomic mass is 10.1. The number of aryl methyl sites for hydroxylation is 1. The summed E-state index contributed by atoms with van der Waals surface area (Å²) < 4.78 is 11.7. The molecule has 0 bridgehead atoms. The van der Waals surface area contributed by atoms with Crippen molar-refractivity contribution < 1.29 is 14.2 Å². The number of hydrogen-bond acceptors (Lipinski definition) is 9. The minimum Gasteiger partial charge on any atom is -0.494 e. The molecule has 0 atom stereocenters. The van der Waals surface area contributed by atoms with Crippen LogP contribution in [-0.2, 0) is 6.42 Å². The standard InChI is InChI=1S/C23H22N8O3/c1-2-13-33-16-10-7-15(8-11-16)20-19(26-30-31(20)22-21(24)28-34-29-22)23(32)27-25-18-12-9-14-5-3-4-6-17(14)18/h3-8,10-11H,2,9,12-13H2,1H3,(H2,24,28)(H,27,32)/b25-18+. The van der Waals surface area contributed by atoms with Gasteiger partial charge in [-0.3, -0.25) is 4.79 Å². The number of benzene rings is 2. The predicted molar refractivity (Wildman–Crippen MR) is 124 cm³/mol. The Kier molecular flexibility index (Phi) is 5.73. The summed E-state index contributed by atoms with van der Waals surface area (Å²) in [6.07, 6.45) is 2.53. The molecule has 172 valence electrons. The number of anilines is 1. The number of ether oxygens (including phenoxy) is 1. The van der Waals surface area contributed by atoms with E-state index in [1.165, 1.54) is 10.2 Å². The van der Waals surface area contributed by atoms with E-state index >= 15 is 0 Å². The number of nitrogens with zero attached hydrogens (tertiary/aromatic N) is 6. The second-order valence-electron chi connectivity index (χ2n) is 7.70. The first-order chi connectivity index (χ1) is 16.7. The Balaban J connectivity index is 1.49. The van der Waals surface area contributed by atoms with Crippen LogP contribution in [0.15, 0.2) is 58.3 Å². The highest BCUT2D eigenvalue weighted by Gasteiger charge is 2.26. The van der Waals surface area contributed by atoms with E-state index in [-0.39, 0.29) is 17.3 Å². The summed E-state index contributed by atoms with van der Waals surface area (Å²) in [5.41, 5.74) is 12.6. The van der Waals surface area contributed by atoms with Gasteiger partial charge in [0.25, 0.3) is 5.91 Å². The van der Waals surface area contributed by atoms with Crippen LogP contribution in [0, 0.1) is 0 Å². The van der Waals surface area contributed by atoms with Gasteiger partial charge in [-0.2, -0.15) is 9.78 Å². The number of rotatable bonds is 7. The first-order valence-corrected chi connectivity index (χ1v) is 10.9. The van der Waals surface area contributed by atoms with Gasteiger partial charge < -0.3 is 10.5 Å². The van der Waals surface area contributed by atoms with Crippen molar-refractivity contribution in [2.75, 3.05) is 12.3 Å². The number of hydrogen-bond donors (Lipinski definition) is 2. The molecular formula is C23H22N8O3. The number of carbonyl (C=O) groups is 1. The number of nitrogens with one attached hydrogen (secondary N) is 1. The number of amides is 1. The average molecular weight is 458 g/mol. The smallest absolute Gasteiger partial charge is 0.294 e. The fourth-order valence-electron chi connectivity index (χ4n) is 3.80. The average Bonchev–Trinajstić information content (AvgIpc) is 3.59. The quantitative estimate of drug-likeness (QED) is 0.402. The summed E-state index contributed by atoms with van der Waals surface area (Å²) in [4.78, 5) is 13.1. The van der Waals surface area contributed by atoms with Crippen LogP contribution in [0.1, 0.15) is 41.4 Å². The van der Waals surface area contributed by atoms with E-state index in [1.807, 2.05) is 37.3 Å². The summed E-state index contributed by atoms with van der Waals surface area (Å²) in [7, 11) is 0. The summed E-state index contributed by atoms with van der Waals surface area (Å²) in [5, 5.41) is 19.9. The SMILES string of the molecule is CCCOc1ccc(-c2c(C(=O)N/N=C3\CCc4ccccc43)nnn2-c2nonc2N)cc1. The Morgan fingerprint density at radius 1 is 1.18 bits per heavy atom.